The molecule has 1 saturated heterocycles. The minimum absolute atomic E-state index is 0.176. The van der Waals surface area contributed by atoms with Crippen molar-refractivity contribution in [2.24, 2.45) is 0 Å². The van der Waals surface area contributed by atoms with Gasteiger partial charge >= 0.3 is 0 Å². The van der Waals surface area contributed by atoms with Crippen molar-refractivity contribution in [2.45, 2.75) is 32.4 Å². The van der Waals surface area contributed by atoms with E-state index in [0.717, 1.165) is 58.2 Å². The highest BCUT2D eigenvalue weighted by Crippen LogP contribution is 2.28. The van der Waals surface area contributed by atoms with Gasteiger partial charge in [0.1, 0.15) is 23.2 Å². The van der Waals surface area contributed by atoms with E-state index >= 15 is 0 Å². The topological polar surface area (TPSA) is 80.5 Å². The van der Waals surface area contributed by atoms with Gasteiger partial charge in [0.15, 0.2) is 10.9 Å². The molecule has 0 radical (unpaired) electrons. The van der Waals surface area contributed by atoms with Gasteiger partial charge in [0.05, 0.1) is 6.54 Å². The Labute approximate surface area is 216 Å². The predicted molar refractivity (Wildman–Crippen MR) is 140 cm³/mol. The molecule has 3 heterocycles. The average molecular weight is 553 g/mol. The molecule has 5 rings (SSSR count). The van der Waals surface area contributed by atoms with Crippen molar-refractivity contribution in [3.63, 3.8) is 0 Å². The second-order valence-electron chi connectivity index (χ2n) is 8.41. The summed E-state index contributed by atoms with van der Waals surface area (Å²) in [7, 11) is 0. The van der Waals surface area contributed by atoms with Crippen molar-refractivity contribution in [3.05, 3.63) is 81.4 Å². The van der Waals surface area contributed by atoms with Crippen LogP contribution in [0.5, 0.6) is 5.75 Å². The molecule has 9 heteroatoms. The molecule has 2 aromatic carbocycles. The van der Waals surface area contributed by atoms with E-state index in [1.54, 1.807) is 5.38 Å². The number of nitrogens with zero attached hydrogens (tertiary/aromatic N) is 3. The van der Waals surface area contributed by atoms with Gasteiger partial charge in [-0.1, -0.05) is 57.5 Å². The van der Waals surface area contributed by atoms with Crippen molar-refractivity contribution >= 4 is 38.3 Å². The molecule has 0 bridgehead atoms. The van der Waals surface area contributed by atoms with Crippen molar-refractivity contribution in [1.82, 2.24) is 15.5 Å². The maximum Gasteiger partial charge on any atom is 0.271 e. The molecule has 1 aliphatic rings. The number of thiazole rings is 1. The van der Waals surface area contributed by atoms with Crippen LogP contribution in [0.25, 0.3) is 11.3 Å². The first-order valence-corrected chi connectivity index (χ1v) is 13.2. The summed E-state index contributed by atoms with van der Waals surface area (Å²) in [5.74, 6) is 1.38. The van der Waals surface area contributed by atoms with Gasteiger partial charge in [0.2, 0.25) is 0 Å². The van der Waals surface area contributed by atoms with E-state index in [1.807, 2.05) is 61.5 Å². The highest BCUT2D eigenvalue weighted by Gasteiger charge is 2.24. The highest BCUT2D eigenvalue weighted by atomic mass is 79.9. The maximum absolute atomic E-state index is 12.7. The predicted octanol–water partition coefficient (Wildman–Crippen LogP) is 5.85. The minimum Gasteiger partial charge on any atom is -0.490 e. The van der Waals surface area contributed by atoms with E-state index in [0.29, 0.717) is 11.4 Å². The summed E-state index contributed by atoms with van der Waals surface area (Å²) < 4.78 is 12.7. The third-order valence-corrected chi connectivity index (χ3v) is 7.40. The average Bonchev–Trinajstić information content (AvgIpc) is 3.51. The second-order valence-corrected chi connectivity index (χ2v) is 10.2. The molecule has 0 unspecified atom stereocenters. The molecule has 0 spiro atoms. The minimum atomic E-state index is -0.218. The molecule has 0 saturated carbocycles. The summed E-state index contributed by atoms with van der Waals surface area (Å²) in [5, 5.41) is 9.73. The summed E-state index contributed by atoms with van der Waals surface area (Å²) in [4.78, 5) is 19.5. The lowest BCUT2D eigenvalue weighted by Crippen LogP contribution is -2.38. The van der Waals surface area contributed by atoms with Gasteiger partial charge in [0.25, 0.3) is 5.91 Å². The van der Waals surface area contributed by atoms with E-state index in [9.17, 15) is 4.79 Å². The van der Waals surface area contributed by atoms with Gasteiger partial charge in [-0.25, -0.2) is 4.98 Å². The van der Waals surface area contributed by atoms with Crippen molar-refractivity contribution in [1.29, 1.82) is 0 Å². The number of halogens is 1. The first-order chi connectivity index (χ1) is 17.1. The summed E-state index contributed by atoms with van der Waals surface area (Å²) in [6.07, 6.45) is 1.99. The molecule has 0 atom stereocenters. The van der Waals surface area contributed by atoms with Crippen LogP contribution in [0.3, 0.4) is 0 Å². The van der Waals surface area contributed by atoms with Crippen LogP contribution in [0.15, 0.2) is 69.0 Å². The zero-order chi connectivity index (χ0) is 24.2. The zero-order valence-corrected chi connectivity index (χ0v) is 21.6. The van der Waals surface area contributed by atoms with Gasteiger partial charge < -0.3 is 19.5 Å². The van der Waals surface area contributed by atoms with Crippen LogP contribution in [0, 0.1) is 6.92 Å². The van der Waals surface area contributed by atoms with Gasteiger partial charge in [-0.05, 0) is 25.1 Å². The normalized spacial score (nSPS) is 14.2. The number of piperidine rings is 1. The number of nitrogens with one attached hydrogen (secondary N) is 1. The molecule has 35 heavy (non-hydrogen) atoms. The number of anilines is 1. The van der Waals surface area contributed by atoms with Gasteiger partial charge in [-0.3, -0.25) is 4.79 Å². The van der Waals surface area contributed by atoms with Gasteiger partial charge in [-0.15, -0.1) is 11.3 Å². The van der Waals surface area contributed by atoms with Crippen LogP contribution in [0.4, 0.5) is 5.13 Å². The van der Waals surface area contributed by atoms with Gasteiger partial charge in [-0.2, -0.15) is 0 Å². The quantitative estimate of drug-likeness (QED) is 0.310. The first-order valence-electron chi connectivity index (χ1n) is 11.5. The van der Waals surface area contributed by atoms with E-state index in [1.165, 1.54) is 11.3 Å². The van der Waals surface area contributed by atoms with Crippen LogP contribution in [0.1, 0.15) is 34.6 Å². The van der Waals surface area contributed by atoms with Crippen LogP contribution in [-0.4, -0.2) is 35.2 Å². The number of ether oxygens (including phenoxy) is 1. The molecule has 1 aliphatic heterocycles. The largest absolute Gasteiger partial charge is 0.490 e. The third-order valence-electron chi connectivity index (χ3n) is 6.01. The Kier molecular flexibility index (Phi) is 7.15. The van der Waals surface area contributed by atoms with Crippen LogP contribution in [0.2, 0.25) is 0 Å². The molecule has 0 aliphatic carbocycles. The Morgan fingerprint density at radius 3 is 2.77 bits per heavy atom. The molecule has 2 aromatic heterocycles. The molecule has 4 aromatic rings. The summed E-state index contributed by atoms with van der Waals surface area (Å²) >= 11 is 4.97. The molecule has 1 amide bonds. The van der Waals surface area contributed by atoms with E-state index in [2.05, 4.69) is 36.3 Å². The molecule has 7 nitrogen and oxygen atoms in total. The van der Waals surface area contributed by atoms with Gasteiger partial charge in [0, 0.05) is 46.9 Å². The second kappa shape index (κ2) is 10.6. The van der Waals surface area contributed by atoms with Crippen LogP contribution >= 0.6 is 27.3 Å². The van der Waals surface area contributed by atoms with E-state index in [4.69, 9.17) is 9.26 Å². The smallest absolute Gasteiger partial charge is 0.271 e. The third kappa shape index (κ3) is 5.57. The fourth-order valence-corrected chi connectivity index (χ4v) is 5.30. The lowest BCUT2D eigenvalue weighted by Gasteiger charge is -2.32. The van der Waals surface area contributed by atoms with Crippen LogP contribution in [-0.2, 0) is 6.54 Å². The Bertz CT molecular complexity index is 1300. The number of hydrogen-bond donors (Lipinski definition) is 1. The van der Waals surface area contributed by atoms with Crippen molar-refractivity contribution in [2.75, 3.05) is 18.0 Å². The lowest BCUT2D eigenvalue weighted by atomic mass is 10.1. The Morgan fingerprint density at radius 1 is 1.20 bits per heavy atom. The van der Waals surface area contributed by atoms with E-state index in [-0.39, 0.29) is 18.6 Å². The Balaban J connectivity index is 1.14. The number of carbonyl (C=O) groups excluding carboxylic acids is 1. The number of benzene rings is 2. The monoisotopic (exact) mass is 552 g/mol. The van der Waals surface area contributed by atoms with Crippen molar-refractivity contribution in [3.8, 4) is 17.1 Å². The Morgan fingerprint density at radius 2 is 2.00 bits per heavy atom. The SMILES string of the molecule is Cc1c(CNC(=O)c2csc(N3CCC(Oc4cccc(Br)c4)CC3)n2)noc1-c1ccccc1. The molecule has 1 N–H and O–H groups in total. The zero-order valence-electron chi connectivity index (χ0n) is 19.2. The molecular formula is C26H25BrN4O3S. The number of rotatable bonds is 7. The summed E-state index contributed by atoms with van der Waals surface area (Å²) in [6.45, 7) is 3.92. The fraction of sp³-hybridized carbons (Fsp3) is 0.269. The summed E-state index contributed by atoms with van der Waals surface area (Å²) in [5.41, 5.74) is 3.01. The van der Waals surface area contributed by atoms with Crippen LogP contribution < -0.4 is 15.0 Å². The van der Waals surface area contributed by atoms with Crippen molar-refractivity contribution < 1.29 is 14.1 Å². The fourth-order valence-electron chi connectivity index (χ4n) is 4.06. The number of hydrogen-bond acceptors (Lipinski definition) is 7. The molecule has 1 fully saturated rings. The molecular weight excluding hydrogens is 528 g/mol. The number of carbonyl (C=O) groups is 1. The van der Waals surface area contributed by atoms with E-state index < -0.39 is 0 Å². The first kappa shape index (κ1) is 23.6. The Hall–Kier alpha value is -3.17. The number of aromatic nitrogens is 2. The highest BCUT2D eigenvalue weighted by molar-refractivity contribution is 9.10. The maximum atomic E-state index is 12.7. The lowest BCUT2D eigenvalue weighted by molar-refractivity contribution is 0.0945. The molecule has 180 valence electrons. The standard InChI is InChI=1S/C26H25BrN4O3S/c1-17-22(30-34-24(17)18-6-3-2-4-7-18)15-28-25(32)23-16-35-26(29-23)31-12-10-20(11-13-31)33-21-9-5-8-19(27)14-21/h2-9,14,16,20H,10-13,15H2,1H3,(H,28,32). The summed E-state index contributed by atoms with van der Waals surface area (Å²) in [6, 6.07) is 17.7. The number of amides is 1.